The van der Waals surface area contributed by atoms with Crippen LogP contribution in [0, 0.1) is 13.8 Å². The number of benzene rings is 2. The largest absolute Gasteiger partial charge is 0.439 e. The number of sulfonamides is 1. The van der Waals surface area contributed by atoms with Crippen LogP contribution in [-0.2, 0) is 19.6 Å². The Morgan fingerprint density at radius 2 is 1.78 bits per heavy atom. The minimum Gasteiger partial charge on any atom is -0.439 e. The van der Waals surface area contributed by atoms with E-state index in [2.05, 4.69) is 4.72 Å². The van der Waals surface area contributed by atoms with Crippen molar-refractivity contribution in [2.75, 3.05) is 13.2 Å². The predicted molar refractivity (Wildman–Crippen MR) is 98.5 cm³/mol. The van der Waals surface area contributed by atoms with Crippen LogP contribution in [0.2, 0.25) is 0 Å². The second-order valence-corrected chi connectivity index (χ2v) is 8.10. The topological polar surface area (TPSA) is 92.8 Å². The first kappa shape index (κ1) is 19.1. The van der Waals surface area contributed by atoms with Crippen LogP contribution in [0.3, 0.4) is 0 Å². The molecule has 1 N–H and O–H groups in total. The molecule has 2 aromatic rings. The quantitative estimate of drug-likeness (QED) is 0.820. The van der Waals surface area contributed by atoms with Gasteiger partial charge < -0.3 is 4.74 Å². The van der Waals surface area contributed by atoms with Crippen LogP contribution in [-0.4, -0.2) is 38.5 Å². The fourth-order valence-corrected chi connectivity index (χ4v) is 4.07. The molecule has 2 aromatic carbocycles. The fourth-order valence-electron chi connectivity index (χ4n) is 2.77. The number of nitrogens with one attached hydrogen (secondary N) is 1. The summed E-state index contributed by atoms with van der Waals surface area (Å²) >= 11 is 0. The number of imide groups is 1. The molecule has 1 fully saturated rings. The number of nitrogens with zero attached hydrogens (tertiary/aromatic N) is 1. The average molecular weight is 388 g/mol. The normalized spacial score (nSPS) is 15.7. The molecule has 0 saturated carbocycles. The zero-order valence-electron chi connectivity index (χ0n) is 15.0. The number of amides is 2. The maximum atomic E-state index is 12.9. The second-order valence-electron chi connectivity index (χ2n) is 6.39. The summed E-state index contributed by atoms with van der Waals surface area (Å²) in [4.78, 5) is 24.7. The van der Waals surface area contributed by atoms with Crippen LogP contribution in [0.5, 0.6) is 0 Å². The molecule has 1 saturated heterocycles. The van der Waals surface area contributed by atoms with E-state index in [1.807, 2.05) is 13.8 Å². The van der Waals surface area contributed by atoms with E-state index in [1.165, 1.54) is 6.07 Å². The molecule has 27 heavy (non-hydrogen) atoms. The van der Waals surface area contributed by atoms with E-state index in [1.54, 1.807) is 42.5 Å². The van der Waals surface area contributed by atoms with Crippen LogP contribution in [0.25, 0.3) is 0 Å². The van der Waals surface area contributed by atoms with Gasteiger partial charge in [-0.05, 0) is 42.7 Å². The molecule has 1 atom stereocenters. The van der Waals surface area contributed by atoms with Gasteiger partial charge in [-0.25, -0.2) is 22.8 Å². The van der Waals surface area contributed by atoms with E-state index in [9.17, 15) is 18.0 Å². The van der Waals surface area contributed by atoms with Crippen molar-refractivity contribution in [2.45, 2.75) is 24.8 Å². The molecule has 3 rings (SSSR count). The van der Waals surface area contributed by atoms with Gasteiger partial charge >= 0.3 is 6.09 Å². The molecule has 1 aliphatic rings. The van der Waals surface area contributed by atoms with Crippen molar-refractivity contribution in [2.24, 2.45) is 0 Å². The maximum Gasteiger partial charge on any atom is 0.417 e. The third-order valence-electron chi connectivity index (χ3n) is 4.49. The molecule has 1 heterocycles. The molecule has 8 heteroatoms. The summed E-state index contributed by atoms with van der Waals surface area (Å²) in [5.74, 6) is -0.494. The summed E-state index contributed by atoms with van der Waals surface area (Å²) in [5.41, 5.74) is 2.48. The van der Waals surface area contributed by atoms with Gasteiger partial charge in [-0.3, -0.25) is 4.79 Å². The Balaban J connectivity index is 1.92. The van der Waals surface area contributed by atoms with Gasteiger partial charge in [0.1, 0.15) is 0 Å². The predicted octanol–water partition coefficient (Wildman–Crippen LogP) is 2.30. The number of hydrogen-bond acceptors (Lipinski definition) is 5. The van der Waals surface area contributed by atoms with Crippen LogP contribution in [0.4, 0.5) is 4.79 Å². The van der Waals surface area contributed by atoms with Crippen molar-refractivity contribution >= 4 is 22.0 Å². The van der Waals surface area contributed by atoms with Gasteiger partial charge in [0.15, 0.2) is 6.61 Å². The Bertz CT molecular complexity index is 957. The average Bonchev–Trinajstić information content (AvgIpc) is 2.96. The number of carbonyl (C=O) groups is 2. The maximum absolute atomic E-state index is 12.9. The zero-order valence-corrected chi connectivity index (χ0v) is 15.8. The van der Waals surface area contributed by atoms with E-state index in [0.717, 1.165) is 16.0 Å². The molecule has 0 bridgehead atoms. The first-order valence-electron chi connectivity index (χ1n) is 8.39. The molecule has 142 valence electrons. The molecular formula is C19H20N2O5S. The highest BCUT2D eigenvalue weighted by atomic mass is 32.2. The summed E-state index contributed by atoms with van der Waals surface area (Å²) in [6, 6.07) is 12.9. The highest BCUT2D eigenvalue weighted by Crippen LogP contribution is 2.22. The van der Waals surface area contributed by atoms with E-state index < -0.39 is 28.1 Å². The molecule has 0 aliphatic carbocycles. The van der Waals surface area contributed by atoms with Crippen LogP contribution < -0.4 is 4.72 Å². The second kappa shape index (κ2) is 7.50. The molecule has 0 spiro atoms. The molecule has 0 radical (unpaired) electrons. The van der Waals surface area contributed by atoms with Crippen molar-refractivity contribution < 1.29 is 22.7 Å². The third-order valence-corrected chi connectivity index (χ3v) is 5.96. The lowest BCUT2D eigenvalue weighted by molar-refractivity contribution is -0.126. The minimum absolute atomic E-state index is 0.127. The van der Waals surface area contributed by atoms with Crippen molar-refractivity contribution in [1.29, 1.82) is 0 Å². The number of ether oxygens (including phenoxy) is 1. The van der Waals surface area contributed by atoms with Gasteiger partial charge in [-0.1, -0.05) is 36.4 Å². The molecule has 2 amide bonds. The Hall–Kier alpha value is -2.71. The fraction of sp³-hybridized carbons (Fsp3) is 0.263. The Morgan fingerprint density at radius 1 is 1.07 bits per heavy atom. The summed E-state index contributed by atoms with van der Waals surface area (Å²) < 4.78 is 33.1. The van der Waals surface area contributed by atoms with Crippen molar-refractivity contribution in [3.63, 3.8) is 0 Å². The third kappa shape index (κ3) is 4.17. The lowest BCUT2D eigenvalue weighted by Crippen LogP contribution is -2.40. The first-order valence-corrected chi connectivity index (χ1v) is 9.88. The van der Waals surface area contributed by atoms with Gasteiger partial charge in [-0.15, -0.1) is 0 Å². The minimum atomic E-state index is -3.86. The van der Waals surface area contributed by atoms with Gasteiger partial charge in [-0.2, -0.15) is 0 Å². The standard InChI is InChI=1S/C19H20N2O5S/c1-13-8-9-16(10-14(13)2)27(24,25)20-17(15-6-4-3-5-7-15)11-21-18(22)12-26-19(21)23/h3-10,17,20H,11-12H2,1-2H3. The van der Waals surface area contributed by atoms with E-state index in [0.29, 0.717) is 5.56 Å². The highest BCUT2D eigenvalue weighted by molar-refractivity contribution is 7.89. The van der Waals surface area contributed by atoms with Gasteiger partial charge in [0.05, 0.1) is 17.5 Å². The smallest absolute Gasteiger partial charge is 0.417 e. The Labute approximate surface area is 158 Å². The number of hydrogen-bond donors (Lipinski definition) is 1. The highest BCUT2D eigenvalue weighted by Gasteiger charge is 2.34. The molecule has 0 aromatic heterocycles. The van der Waals surface area contributed by atoms with Gasteiger partial charge in [0.25, 0.3) is 5.91 Å². The Kier molecular flexibility index (Phi) is 5.29. The van der Waals surface area contributed by atoms with Gasteiger partial charge in [0, 0.05) is 0 Å². The monoisotopic (exact) mass is 388 g/mol. The molecule has 1 unspecified atom stereocenters. The first-order chi connectivity index (χ1) is 12.8. The van der Waals surface area contributed by atoms with Crippen LogP contribution in [0.1, 0.15) is 22.7 Å². The SMILES string of the molecule is Cc1ccc(S(=O)(=O)NC(CN2C(=O)COC2=O)c2ccccc2)cc1C. The molecular weight excluding hydrogens is 368 g/mol. The number of cyclic esters (lactones) is 1. The summed E-state index contributed by atoms with van der Waals surface area (Å²) in [7, 11) is -3.86. The van der Waals surface area contributed by atoms with E-state index >= 15 is 0 Å². The van der Waals surface area contributed by atoms with Crippen LogP contribution >= 0.6 is 0 Å². The van der Waals surface area contributed by atoms with Crippen molar-refractivity contribution in [3.8, 4) is 0 Å². The van der Waals surface area contributed by atoms with Gasteiger partial charge in [0.2, 0.25) is 10.0 Å². The van der Waals surface area contributed by atoms with E-state index in [4.69, 9.17) is 4.74 Å². The number of aryl methyl sites for hydroxylation is 2. The number of rotatable bonds is 6. The van der Waals surface area contributed by atoms with E-state index in [-0.39, 0.29) is 18.0 Å². The van der Waals surface area contributed by atoms with Crippen LogP contribution in [0.15, 0.2) is 53.4 Å². The lowest BCUT2D eigenvalue weighted by Gasteiger charge is -2.23. The lowest BCUT2D eigenvalue weighted by atomic mass is 10.1. The summed E-state index contributed by atoms with van der Waals surface area (Å²) in [6.45, 7) is 3.26. The molecule has 7 nitrogen and oxygen atoms in total. The zero-order chi connectivity index (χ0) is 19.6. The Morgan fingerprint density at radius 3 is 2.37 bits per heavy atom. The summed E-state index contributed by atoms with van der Waals surface area (Å²) in [6.07, 6.45) is -0.772. The summed E-state index contributed by atoms with van der Waals surface area (Å²) in [5, 5.41) is 0. The van der Waals surface area contributed by atoms with Crippen molar-refractivity contribution in [3.05, 3.63) is 65.2 Å². The number of carbonyl (C=O) groups excluding carboxylic acids is 2. The van der Waals surface area contributed by atoms with Crippen molar-refractivity contribution in [1.82, 2.24) is 9.62 Å². The molecule has 1 aliphatic heterocycles.